The second-order valence-electron chi connectivity index (χ2n) is 5.10. The zero-order valence-electron chi connectivity index (χ0n) is 11.6. The van der Waals surface area contributed by atoms with Gasteiger partial charge in [0.1, 0.15) is 6.54 Å². The Labute approximate surface area is 113 Å². The minimum Gasteiger partial charge on any atom is -0.480 e. The Balaban J connectivity index is 2.55. The molecule has 0 saturated heterocycles. The number of carboxylic acid groups (broad SMARTS) is 1. The smallest absolute Gasteiger partial charge is 0.322 e. The molecule has 0 bridgehead atoms. The van der Waals surface area contributed by atoms with Gasteiger partial charge in [0.2, 0.25) is 5.91 Å². The summed E-state index contributed by atoms with van der Waals surface area (Å²) in [5.41, 5.74) is 2.36. The van der Waals surface area contributed by atoms with Crippen molar-refractivity contribution in [3.63, 3.8) is 0 Å². The summed E-state index contributed by atoms with van der Waals surface area (Å²) in [5.74, 6) is -0.691. The van der Waals surface area contributed by atoms with Gasteiger partial charge in [-0.05, 0) is 23.0 Å². The van der Waals surface area contributed by atoms with Gasteiger partial charge in [-0.15, -0.1) is 0 Å². The number of rotatable bonds is 6. The van der Waals surface area contributed by atoms with Crippen molar-refractivity contribution in [3.05, 3.63) is 35.4 Å². The first-order valence-corrected chi connectivity index (χ1v) is 6.48. The van der Waals surface area contributed by atoms with Crippen molar-refractivity contribution < 1.29 is 14.7 Å². The van der Waals surface area contributed by atoms with Crippen LogP contribution >= 0.6 is 0 Å². The summed E-state index contributed by atoms with van der Waals surface area (Å²) in [7, 11) is 0. The lowest BCUT2D eigenvalue weighted by Gasteiger charge is -2.13. The molecule has 19 heavy (non-hydrogen) atoms. The molecule has 0 heterocycles. The van der Waals surface area contributed by atoms with Crippen molar-refractivity contribution >= 4 is 11.9 Å². The second-order valence-corrected chi connectivity index (χ2v) is 5.10. The predicted molar refractivity (Wildman–Crippen MR) is 74.2 cm³/mol. The Morgan fingerprint density at radius 2 is 1.63 bits per heavy atom. The quantitative estimate of drug-likeness (QED) is 0.828. The molecule has 1 aromatic carbocycles. The molecule has 2 N–H and O–H groups in total. The molecule has 0 radical (unpaired) electrons. The second kappa shape index (κ2) is 6.92. The van der Waals surface area contributed by atoms with Gasteiger partial charge in [0.05, 0.1) is 0 Å². The number of carbonyl (C=O) groups is 2. The molecule has 0 fully saturated rings. The Kier molecular flexibility index (Phi) is 5.55. The first-order valence-electron chi connectivity index (χ1n) is 6.48. The van der Waals surface area contributed by atoms with Gasteiger partial charge < -0.3 is 10.4 Å². The van der Waals surface area contributed by atoms with Crippen LogP contribution in [0.15, 0.2) is 24.3 Å². The molecule has 0 saturated carbocycles. The first kappa shape index (κ1) is 15.2. The standard InChI is InChI=1S/C15H21NO3/c1-10(2)12-4-6-13(7-5-12)11(3)8-14(17)16-9-15(18)19/h4-7,10-11H,8-9H2,1-3H3,(H,16,17)(H,18,19). The summed E-state index contributed by atoms with van der Waals surface area (Å²) in [5, 5.41) is 10.9. The zero-order valence-corrected chi connectivity index (χ0v) is 11.6. The molecule has 0 aromatic heterocycles. The van der Waals surface area contributed by atoms with E-state index >= 15 is 0 Å². The molecule has 0 aliphatic carbocycles. The number of carbonyl (C=O) groups excluding carboxylic acids is 1. The van der Waals surface area contributed by atoms with Gasteiger partial charge in [0.25, 0.3) is 0 Å². The SMILES string of the molecule is CC(C)c1ccc(C(C)CC(=O)NCC(=O)O)cc1. The van der Waals surface area contributed by atoms with Crippen LogP contribution in [0.25, 0.3) is 0 Å². The summed E-state index contributed by atoms with van der Waals surface area (Å²) >= 11 is 0. The van der Waals surface area contributed by atoms with E-state index in [0.717, 1.165) is 5.56 Å². The van der Waals surface area contributed by atoms with Gasteiger partial charge in [-0.1, -0.05) is 45.0 Å². The van der Waals surface area contributed by atoms with E-state index in [4.69, 9.17) is 5.11 Å². The normalized spacial score (nSPS) is 12.2. The molecule has 1 aromatic rings. The first-order chi connectivity index (χ1) is 8.90. The van der Waals surface area contributed by atoms with Crippen LogP contribution in [0.4, 0.5) is 0 Å². The number of hydrogen-bond acceptors (Lipinski definition) is 2. The van der Waals surface area contributed by atoms with Crippen molar-refractivity contribution in [2.45, 2.75) is 39.0 Å². The van der Waals surface area contributed by atoms with Gasteiger partial charge in [0, 0.05) is 6.42 Å². The largest absolute Gasteiger partial charge is 0.480 e. The van der Waals surface area contributed by atoms with Crippen molar-refractivity contribution in [2.24, 2.45) is 0 Å². The highest BCUT2D eigenvalue weighted by atomic mass is 16.4. The summed E-state index contributed by atoms with van der Waals surface area (Å²) in [6.45, 7) is 5.91. The number of benzene rings is 1. The summed E-state index contributed by atoms with van der Waals surface area (Å²) in [6.07, 6.45) is 0.300. The monoisotopic (exact) mass is 263 g/mol. The van der Waals surface area contributed by atoms with Crippen molar-refractivity contribution in [2.75, 3.05) is 6.54 Å². The van der Waals surface area contributed by atoms with Crippen LogP contribution in [-0.4, -0.2) is 23.5 Å². The van der Waals surface area contributed by atoms with E-state index in [2.05, 4.69) is 31.3 Å². The van der Waals surface area contributed by atoms with E-state index in [1.165, 1.54) is 5.56 Å². The van der Waals surface area contributed by atoms with Crippen molar-refractivity contribution in [3.8, 4) is 0 Å². The molecule has 1 rings (SSSR count). The molecule has 4 heteroatoms. The van der Waals surface area contributed by atoms with E-state index < -0.39 is 5.97 Å². The Hall–Kier alpha value is -1.84. The van der Waals surface area contributed by atoms with Gasteiger partial charge >= 0.3 is 5.97 Å². The lowest BCUT2D eigenvalue weighted by Crippen LogP contribution is -2.29. The third-order valence-electron chi connectivity index (χ3n) is 3.10. The number of hydrogen-bond donors (Lipinski definition) is 2. The minimum atomic E-state index is -1.03. The Morgan fingerprint density at radius 3 is 2.11 bits per heavy atom. The van der Waals surface area contributed by atoms with E-state index in [0.29, 0.717) is 12.3 Å². The van der Waals surface area contributed by atoms with E-state index in [1.807, 2.05) is 19.1 Å². The number of nitrogens with one attached hydrogen (secondary N) is 1. The average Bonchev–Trinajstić information content (AvgIpc) is 2.36. The van der Waals surface area contributed by atoms with Crippen LogP contribution in [0.1, 0.15) is 50.2 Å². The molecule has 1 unspecified atom stereocenters. The van der Waals surface area contributed by atoms with Crippen LogP contribution in [-0.2, 0) is 9.59 Å². The number of amides is 1. The third-order valence-corrected chi connectivity index (χ3v) is 3.10. The molecule has 104 valence electrons. The fourth-order valence-corrected chi connectivity index (χ4v) is 1.85. The van der Waals surface area contributed by atoms with E-state index in [1.54, 1.807) is 0 Å². The third kappa shape index (κ3) is 5.12. The van der Waals surface area contributed by atoms with Gasteiger partial charge in [-0.3, -0.25) is 9.59 Å². The lowest BCUT2D eigenvalue weighted by molar-refractivity contribution is -0.138. The summed E-state index contributed by atoms with van der Waals surface area (Å²) < 4.78 is 0. The molecular formula is C15H21NO3. The Bertz CT molecular complexity index is 437. The predicted octanol–water partition coefficient (Wildman–Crippen LogP) is 2.50. The molecule has 0 spiro atoms. The highest BCUT2D eigenvalue weighted by Crippen LogP contribution is 2.22. The average molecular weight is 263 g/mol. The maximum Gasteiger partial charge on any atom is 0.322 e. The molecule has 1 atom stereocenters. The summed E-state index contributed by atoms with van der Waals surface area (Å²) in [4.78, 5) is 21.9. The van der Waals surface area contributed by atoms with Gasteiger partial charge in [-0.25, -0.2) is 0 Å². The highest BCUT2D eigenvalue weighted by Gasteiger charge is 2.12. The van der Waals surface area contributed by atoms with Gasteiger partial charge in [-0.2, -0.15) is 0 Å². The minimum absolute atomic E-state index is 0.0787. The molecule has 4 nitrogen and oxygen atoms in total. The number of aliphatic carboxylic acids is 1. The van der Waals surface area contributed by atoms with Crippen LogP contribution in [0.2, 0.25) is 0 Å². The molecule has 1 amide bonds. The van der Waals surface area contributed by atoms with Crippen molar-refractivity contribution in [1.82, 2.24) is 5.32 Å². The van der Waals surface area contributed by atoms with Crippen LogP contribution in [0.3, 0.4) is 0 Å². The van der Waals surface area contributed by atoms with E-state index in [-0.39, 0.29) is 18.4 Å². The topological polar surface area (TPSA) is 66.4 Å². The fraction of sp³-hybridized carbons (Fsp3) is 0.467. The zero-order chi connectivity index (χ0) is 14.4. The number of carboxylic acids is 1. The van der Waals surface area contributed by atoms with Crippen LogP contribution in [0.5, 0.6) is 0 Å². The maximum atomic E-state index is 11.5. The molecule has 0 aliphatic heterocycles. The highest BCUT2D eigenvalue weighted by molar-refractivity contribution is 5.81. The van der Waals surface area contributed by atoms with Crippen molar-refractivity contribution in [1.29, 1.82) is 0 Å². The molecular weight excluding hydrogens is 242 g/mol. The lowest BCUT2D eigenvalue weighted by atomic mass is 9.94. The molecule has 0 aliphatic rings. The van der Waals surface area contributed by atoms with Gasteiger partial charge in [0.15, 0.2) is 0 Å². The van der Waals surface area contributed by atoms with Crippen LogP contribution in [0, 0.1) is 0 Å². The van der Waals surface area contributed by atoms with Crippen LogP contribution < -0.4 is 5.32 Å². The summed E-state index contributed by atoms with van der Waals surface area (Å²) in [6, 6.07) is 8.21. The Morgan fingerprint density at radius 1 is 1.11 bits per heavy atom. The fourth-order valence-electron chi connectivity index (χ4n) is 1.85. The maximum absolute atomic E-state index is 11.5. The van der Waals surface area contributed by atoms with E-state index in [9.17, 15) is 9.59 Å².